The molecule has 0 atom stereocenters. The molecule has 0 radical (unpaired) electrons. The first kappa shape index (κ1) is 18.6. The summed E-state index contributed by atoms with van der Waals surface area (Å²) in [6.07, 6.45) is 4.00. The van der Waals surface area contributed by atoms with Crippen molar-refractivity contribution in [2.75, 3.05) is 0 Å². The van der Waals surface area contributed by atoms with Crippen molar-refractivity contribution in [1.29, 1.82) is 0 Å². The van der Waals surface area contributed by atoms with Crippen molar-refractivity contribution in [3.63, 3.8) is 0 Å². The Labute approximate surface area is 178 Å². The van der Waals surface area contributed by atoms with Crippen molar-refractivity contribution in [3.8, 4) is 5.69 Å². The predicted molar refractivity (Wildman–Crippen MR) is 122 cm³/mol. The zero-order chi connectivity index (χ0) is 20.7. The van der Waals surface area contributed by atoms with Crippen LogP contribution in [-0.2, 0) is 5.75 Å². The van der Waals surface area contributed by atoms with Gasteiger partial charge in [-0.15, -0.1) is 0 Å². The molecule has 148 valence electrons. The van der Waals surface area contributed by atoms with E-state index < -0.39 is 0 Å². The van der Waals surface area contributed by atoms with E-state index in [-0.39, 0.29) is 5.56 Å². The van der Waals surface area contributed by atoms with Crippen LogP contribution in [0.2, 0.25) is 0 Å². The average molecular weight is 413 g/mol. The van der Waals surface area contributed by atoms with Crippen LogP contribution in [0.3, 0.4) is 0 Å². The number of imidazole rings is 1. The fourth-order valence-corrected chi connectivity index (χ4v) is 4.61. The molecule has 0 saturated heterocycles. The number of hydrogen-bond donors (Lipinski definition) is 0. The SMILES string of the molecule is Cc1cc(C)cc(-n2c(SCc3cn4ccccc4n3)nc3ccccc3c2=O)c1. The minimum Gasteiger partial charge on any atom is -0.307 e. The standard InChI is InChI=1S/C24H20N4OS/c1-16-11-17(2)13-19(12-16)28-23(29)20-7-3-4-8-21(20)26-24(28)30-15-18-14-27-10-6-5-9-22(27)25-18/h3-14H,15H2,1-2H3. The molecule has 0 amide bonds. The van der Waals surface area contributed by atoms with Crippen LogP contribution in [0, 0.1) is 13.8 Å². The van der Waals surface area contributed by atoms with Crippen LogP contribution in [-0.4, -0.2) is 18.9 Å². The number of fused-ring (bicyclic) bond motifs is 2. The summed E-state index contributed by atoms with van der Waals surface area (Å²) in [6.45, 7) is 4.08. The smallest absolute Gasteiger partial charge is 0.266 e. The first-order valence-electron chi connectivity index (χ1n) is 9.74. The largest absolute Gasteiger partial charge is 0.307 e. The van der Waals surface area contributed by atoms with Crippen molar-refractivity contribution < 1.29 is 0 Å². The number of pyridine rings is 1. The normalized spacial score (nSPS) is 11.4. The van der Waals surface area contributed by atoms with Gasteiger partial charge in [-0.05, 0) is 61.4 Å². The number of thioether (sulfide) groups is 1. The lowest BCUT2D eigenvalue weighted by molar-refractivity contribution is 0.817. The second-order valence-electron chi connectivity index (χ2n) is 7.39. The highest BCUT2D eigenvalue weighted by Gasteiger charge is 2.15. The summed E-state index contributed by atoms with van der Waals surface area (Å²) in [6, 6.07) is 19.6. The van der Waals surface area contributed by atoms with Gasteiger partial charge in [-0.25, -0.2) is 9.97 Å². The number of para-hydroxylation sites is 1. The van der Waals surface area contributed by atoms with E-state index in [1.54, 1.807) is 4.57 Å². The van der Waals surface area contributed by atoms with E-state index in [9.17, 15) is 4.79 Å². The molecule has 3 aromatic heterocycles. The average Bonchev–Trinajstić information content (AvgIpc) is 3.14. The van der Waals surface area contributed by atoms with Crippen molar-refractivity contribution in [1.82, 2.24) is 18.9 Å². The number of benzene rings is 2. The Kier molecular flexibility index (Phi) is 4.64. The molecule has 0 N–H and O–H groups in total. The third-order valence-corrected chi connectivity index (χ3v) is 5.94. The molecule has 0 aliphatic carbocycles. The molecule has 2 aromatic carbocycles. The fraction of sp³-hybridized carbons (Fsp3) is 0.125. The fourth-order valence-electron chi connectivity index (χ4n) is 3.71. The maximum Gasteiger partial charge on any atom is 0.266 e. The van der Waals surface area contributed by atoms with Gasteiger partial charge in [0.05, 0.1) is 22.3 Å². The van der Waals surface area contributed by atoms with Crippen LogP contribution in [0.25, 0.3) is 22.2 Å². The Morgan fingerprint density at radius 2 is 1.70 bits per heavy atom. The molecule has 30 heavy (non-hydrogen) atoms. The van der Waals surface area contributed by atoms with Crippen molar-refractivity contribution in [2.45, 2.75) is 24.8 Å². The third kappa shape index (κ3) is 3.39. The first-order chi connectivity index (χ1) is 14.6. The quantitative estimate of drug-likeness (QED) is 0.310. The summed E-state index contributed by atoms with van der Waals surface area (Å²) in [5.41, 5.74) is 5.58. The second-order valence-corrected chi connectivity index (χ2v) is 8.33. The Morgan fingerprint density at radius 1 is 0.933 bits per heavy atom. The second kappa shape index (κ2) is 7.46. The third-order valence-electron chi connectivity index (χ3n) is 4.97. The first-order valence-corrected chi connectivity index (χ1v) is 10.7. The minimum atomic E-state index is -0.0527. The number of nitrogens with zero attached hydrogens (tertiary/aromatic N) is 4. The van der Waals surface area contributed by atoms with E-state index in [4.69, 9.17) is 4.98 Å². The van der Waals surface area contributed by atoms with E-state index in [2.05, 4.69) is 11.1 Å². The highest BCUT2D eigenvalue weighted by molar-refractivity contribution is 7.98. The molecule has 6 heteroatoms. The molecular formula is C24H20N4OS. The summed E-state index contributed by atoms with van der Waals surface area (Å²) >= 11 is 1.53. The van der Waals surface area contributed by atoms with Crippen LogP contribution in [0.4, 0.5) is 0 Å². The molecule has 0 fully saturated rings. The van der Waals surface area contributed by atoms with Gasteiger partial charge in [0.15, 0.2) is 5.16 Å². The van der Waals surface area contributed by atoms with Gasteiger partial charge in [-0.2, -0.15) is 0 Å². The lowest BCUT2D eigenvalue weighted by atomic mass is 10.1. The maximum absolute atomic E-state index is 13.4. The molecule has 5 aromatic rings. The molecule has 5 rings (SSSR count). The number of hydrogen-bond acceptors (Lipinski definition) is 4. The van der Waals surface area contributed by atoms with Gasteiger partial charge in [-0.3, -0.25) is 9.36 Å². The van der Waals surface area contributed by atoms with Gasteiger partial charge in [-0.1, -0.05) is 36.0 Å². The molecule has 0 saturated carbocycles. The number of aryl methyl sites for hydroxylation is 2. The Hall–Kier alpha value is -3.38. The lowest BCUT2D eigenvalue weighted by Crippen LogP contribution is -2.22. The van der Waals surface area contributed by atoms with Crippen molar-refractivity contribution >= 4 is 28.3 Å². The summed E-state index contributed by atoms with van der Waals surface area (Å²) in [5, 5.41) is 1.29. The van der Waals surface area contributed by atoms with Crippen molar-refractivity contribution in [2.24, 2.45) is 0 Å². The number of aromatic nitrogens is 4. The molecule has 0 unspecified atom stereocenters. The zero-order valence-electron chi connectivity index (χ0n) is 16.7. The van der Waals surface area contributed by atoms with Gasteiger partial charge >= 0.3 is 0 Å². The van der Waals surface area contributed by atoms with Gasteiger partial charge in [0.1, 0.15) is 5.65 Å². The molecule has 0 bridgehead atoms. The van der Waals surface area contributed by atoms with E-state index in [0.717, 1.165) is 28.2 Å². The summed E-state index contributed by atoms with van der Waals surface area (Å²) < 4.78 is 3.73. The molecule has 0 aliphatic rings. The molecule has 5 nitrogen and oxygen atoms in total. The van der Waals surface area contributed by atoms with Crippen LogP contribution in [0.1, 0.15) is 16.8 Å². The molecule has 0 spiro atoms. The topological polar surface area (TPSA) is 52.2 Å². The maximum atomic E-state index is 13.4. The Bertz CT molecular complexity index is 1400. The summed E-state index contributed by atoms with van der Waals surface area (Å²) in [5.74, 6) is 0.622. The van der Waals surface area contributed by atoms with Crippen LogP contribution < -0.4 is 5.56 Å². The van der Waals surface area contributed by atoms with E-state index >= 15 is 0 Å². The van der Waals surface area contributed by atoms with Crippen molar-refractivity contribution in [3.05, 3.63) is 100 Å². The van der Waals surface area contributed by atoms with Gasteiger partial charge in [0.25, 0.3) is 5.56 Å². The van der Waals surface area contributed by atoms with E-state index in [1.165, 1.54) is 11.8 Å². The van der Waals surface area contributed by atoms with Gasteiger partial charge in [0.2, 0.25) is 0 Å². The van der Waals surface area contributed by atoms with E-state index in [0.29, 0.717) is 21.8 Å². The van der Waals surface area contributed by atoms with Crippen LogP contribution in [0.15, 0.2) is 83.0 Å². The molecule has 3 heterocycles. The molecule has 0 aliphatic heterocycles. The Balaban J connectivity index is 1.63. The molecular weight excluding hydrogens is 392 g/mol. The summed E-state index contributed by atoms with van der Waals surface area (Å²) in [4.78, 5) is 22.9. The Morgan fingerprint density at radius 3 is 2.50 bits per heavy atom. The zero-order valence-corrected chi connectivity index (χ0v) is 17.6. The number of rotatable bonds is 4. The predicted octanol–water partition coefficient (Wildman–Crippen LogP) is 4.94. The summed E-state index contributed by atoms with van der Waals surface area (Å²) in [7, 11) is 0. The van der Waals surface area contributed by atoms with E-state index in [1.807, 2.05) is 85.2 Å². The van der Waals surface area contributed by atoms with Crippen LogP contribution in [0.5, 0.6) is 0 Å². The van der Waals surface area contributed by atoms with Crippen LogP contribution >= 0.6 is 11.8 Å². The van der Waals surface area contributed by atoms with Gasteiger partial charge < -0.3 is 4.40 Å². The minimum absolute atomic E-state index is 0.0527. The highest BCUT2D eigenvalue weighted by Crippen LogP contribution is 2.25. The monoisotopic (exact) mass is 412 g/mol. The highest BCUT2D eigenvalue weighted by atomic mass is 32.2. The van der Waals surface area contributed by atoms with Gasteiger partial charge in [0, 0.05) is 18.1 Å². The lowest BCUT2D eigenvalue weighted by Gasteiger charge is -2.14.